The predicted octanol–water partition coefficient (Wildman–Crippen LogP) is 5.50. The van der Waals surface area contributed by atoms with Gasteiger partial charge in [0.05, 0.1) is 22.9 Å². The Bertz CT molecular complexity index is 1250. The first kappa shape index (κ1) is 23.5. The fraction of sp³-hybridized carbons (Fsp3) is 0.346. The van der Waals surface area contributed by atoms with Crippen molar-refractivity contribution in [1.82, 2.24) is 20.2 Å². The molecule has 9 heteroatoms. The third-order valence-corrected chi connectivity index (χ3v) is 6.83. The second kappa shape index (κ2) is 10.2. The Morgan fingerprint density at radius 1 is 1.11 bits per heavy atom. The van der Waals surface area contributed by atoms with Gasteiger partial charge in [-0.3, -0.25) is 0 Å². The lowest BCUT2D eigenvalue weighted by atomic mass is 10.00. The normalized spacial score (nSPS) is 16.1. The number of carbonyl (C=O) groups is 1. The zero-order valence-electron chi connectivity index (χ0n) is 19.7. The third-order valence-electron chi connectivity index (χ3n) is 6.51. The quantitative estimate of drug-likeness (QED) is 0.473. The number of likely N-dealkylation sites (tertiary alicyclic amines) is 1. The van der Waals surface area contributed by atoms with E-state index >= 15 is 0 Å². The molecule has 2 aliphatic heterocycles. The molecule has 3 aromatic rings. The Morgan fingerprint density at radius 2 is 1.91 bits per heavy atom. The number of halogens is 2. The molecule has 1 fully saturated rings. The molecule has 35 heavy (non-hydrogen) atoms. The van der Waals surface area contributed by atoms with E-state index in [9.17, 15) is 9.18 Å². The topological polar surface area (TPSA) is 73.4 Å². The van der Waals surface area contributed by atoms with Crippen molar-refractivity contribution in [1.29, 1.82) is 0 Å². The Kier molecular flexibility index (Phi) is 6.83. The highest BCUT2D eigenvalue weighted by atomic mass is 35.5. The predicted molar refractivity (Wildman–Crippen MR) is 137 cm³/mol. The van der Waals surface area contributed by atoms with Crippen molar-refractivity contribution in [3.05, 3.63) is 64.4 Å². The fourth-order valence-electron chi connectivity index (χ4n) is 4.72. The van der Waals surface area contributed by atoms with Crippen LogP contribution in [0.3, 0.4) is 0 Å². The Balaban J connectivity index is 1.57. The molecule has 2 amide bonds. The van der Waals surface area contributed by atoms with Gasteiger partial charge in [-0.05, 0) is 68.8 Å². The average molecular weight is 495 g/mol. The first-order valence-corrected chi connectivity index (χ1v) is 12.4. The van der Waals surface area contributed by atoms with Gasteiger partial charge in [-0.2, -0.15) is 4.98 Å². The zero-order chi connectivity index (χ0) is 24.4. The summed E-state index contributed by atoms with van der Waals surface area (Å²) in [5, 5.41) is 6.70. The maximum atomic E-state index is 13.9. The van der Waals surface area contributed by atoms with Crippen molar-refractivity contribution >= 4 is 35.1 Å². The van der Waals surface area contributed by atoms with E-state index in [-0.39, 0.29) is 18.4 Å². The molecule has 0 unspecified atom stereocenters. The monoisotopic (exact) mass is 494 g/mol. The number of hydrogen-bond acceptors (Lipinski definition) is 5. The van der Waals surface area contributed by atoms with Gasteiger partial charge in [0.25, 0.3) is 0 Å². The molecule has 0 radical (unpaired) electrons. The smallest absolute Gasteiger partial charge is 0.328 e. The molecule has 2 aliphatic rings. The summed E-state index contributed by atoms with van der Waals surface area (Å²) in [5.41, 5.74) is 3.49. The van der Waals surface area contributed by atoms with E-state index in [0.29, 0.717) is 34.7 Å². The van der Waals surface area contributed by atoms with Gasteiger partial charge >= 0.3 is 6.03 Å². The lowest BCUT2D eigenvalue weighted by Gasteiger charge is -2.31. The number of nitrogens with one attached hydrogen (secondary N) is 2. The molecule has 0 saturated carbocycles. The summed E-state index contributed by atoms with van der Waals surface area (Å²) in [5.74, 6) is 0.585. The van der Waals surface area contributed by atoms with E-state index in [1.807, 2.05) is 19.1 Å². The van der Waals surface area contributed by atoms with Gasteiger partial charge < -0.3 is 15.5 Å². The van der Waals surface area contributed by atoms with Crippen LogP contribution in [0.5, 0.6) is 0 Å². The molecule has 1 saturated heterocycles. The highest BCUT2D eigenvalue weighted by molar-refractivity contribution is 6.34. The van der Waals surface area contributed by atoms with Gasteiger partial charge in [0.1, 0.15) is 5.82 Å². The van der Waals surface area contributed by atoms with Gasteiger partial charge in [-0.1, -0.05) is 30.2 Å². The number of anilines is 3. The summed E-state index contributed by atoms with van der Waals surface area (Å²) >= 11 is 6.47. The van der Waals surface area contributed by atoms with Gasteiger partial charge in [0.2, 0.25) is 5.95 Å². The summed E-state index contributed by atoms with van der Waals surface area (Å²) < 4.78 is 13.9. The van der Waals surface area contributed by atoms with E-state index in [0.717, 1.165) is 36.3 Å². The van der Waals surface area contributed by atoms with Crippen molar-refractivity contribution in [2.24, 2.45) is 0 Å². The molecule has 0 aliphatic carbocycles. The zero-order valence-corrected chi connectivity index (χ0v) is 20.4. The number of benzene rings is 2. The molecule has 0 atom stereocenters. The molecule has 1 aromatic heterocycles. The number of fused-ring (bicyclic) bond motifs is 1. The molecule has 3 heterocycles. The van der Waals surface area contributed by atoms with Gasteiger partial charge in [-0.15, -0.1) is 0 Å². The van der Waals surface area contributed by atoms with Gasteiger partial charge in [-0.25, -0.2) is 19.1 Å². The lowest BCUT2D eigenvalue weighted by molar-refractivity contribution is 0.237. The van der Waals surface area contributed by atoms with E-state index in [1.54, 1.807) is 18.2 Å². The van der Waals surface area contributed by atoms with Crippen LogP contribution in [0.15, 0.2) is 42.5 Å². The van der Waals surface area contributed by atoms with Crippen LogP contribution in [0.2, 0.25) is 5.02 Å². The van der Waals surface area contributed by atoms with E-state index in [2.05, 4.69) is 15.5 Å². The molecule has 0 bridgehead atoms. The number of nitrogens with zero attached hydrogens (tertiary/aromatic N) is 4. The molecule has 7 nitrogen and oxygen atoms in total. The second-order valence-electron chi connectivity index (χ2n) is 8.93. The van der Waals surface area contributed by atoms with Crippen LogP contribution in [-0.4, -0.2) is 47.1 Å². The SMILES string of the molecule is Cc1cc(F)ccc1-c1nc(NCCN2CCCCC2)nc2c1CNC(=O)N2c1ccccc1Cl. The van der Waals surface area contributed by atoms with Crippen molar-refractivity contribution < 1.29 is 9.18 Å². The highest BCUT2D eigenvalue weighted by Crippen LogP contribution is 2.39. The standard InChI is InChI=1S/C26H28ClFN6O/c1-17-15-18(28)9-10-19(17)23-20-16-30-26(35)34(22-8-4-3-7-21(22)27)24(20)32-25(31-23)29-11-14-33-12-5-2-6-13-33/h3-4,7-10,15H,2,5-6,11-14,16H2,1H3,(H,30,35)(H,29,31,32). The Hall–Kier alpha value is -3.23. The summed E-state index contributed by atoms with van der Waals surface area (Å²) in [6, 6.07) is 11.5. The van der Waals surface area contributed by atoms with Gasteiger partial charge in [0.15, 0.2) is 5.82 Å². The number of rotatable bonds is 6. The Labute approximate surface area is 209 Å². The molecule has 2 aromatic carbocycles. The van der Waals surface area contributed by atoms with Crippen LogP contribution in [0, 0.1) is 12.7 Å². The van der Waals surface area contributed by atoms with Crippen molar-refractivity contribution in [3.63, 3.8) is 0 Å². The Morgan fingerprint density at radius 3 is 2.69 bits per heavy atom. The van der Waals surface area contributed by atoms with E-state index in [4.69, 9.17) is 21.6 Å². The molecule has 2 N–H and O–H groups in total. The van der Waals surface area contributed by atoms with Crippen LogP contribution in [0.25, 0.3) is 11.3 Å². The summed E-state index contributed by atoms with van der Waals surface area (Å²) in [6.45, 7) is 5.89. The van der Waals surface area contributed by atoms with Crippen LogP contribution in [0.4, 0.5) is 26.6 Å². The van der Waals surface area contributed by atoms with Gasteiger partial charge in [0, 0.05) is 24.2 Å². The lowest BCUT2D eigenvalue weighted by Crippen LogP contribution is -2.42. The first-order valence-electron chi connectivity index (χ1n) is 12.0. The third kappa shape index (κ3) is 4.94. The van der Waals surface area contributed by atoms with E-state index < -0.39 is 0 Å². The summed E-state index contributed by atoms with van der Waals surface area (Å²) in [7, 11) is 0. The number of aryl methyl sites for hydroxylation is 1. The number of amides is 2. The van der Waals surface area contributed by atoms with Crippen molar-refractivity contribution in [3.8, 4) is 11.3 Å². The molecule has 182 valence electrons. The summed E-state index contributed by atoms with van der Waals surface area (Å²) in [6.07, 6.45) is 3.74. The maximum Gasteiger partial charge on any atom is 0.328 e. The van der Waals surface area contributed by atoms with Crippen LogP contribution in [-0.2, 0) is 6.54 Å². The molecule has 5 rings (SSSR count). The van der Waals surface area contributed by atoms with Crippen molar-refractivity contribution in [2.75, 3.05) is 36.4 Å². The minimum absolute atomic E-state index is 0.259. The number of aromatic nitrogens is 2. The number of urea groups is 1. The van der Waals surface area contributed by atoms with Crippen LogP contribution < -0.4 is 15.5 Å². The van der Waals surface area contributed by atoms with Crippen LogP contribution in [0.1, 0.15) is 30.4 Å². The fourth-order valence-corrected chi connectivity index (χ4v) is 4.94. The second-order valence-corrected chi connectivity index (χ2v) is 9.34. The largest absolute Gasteiger partial charge is 0.353 e. The highest BCUT2D eigenvalue weighted by Gasteiger charge is 2.32. The number of hydrogen-bond donors (Lipinski definition) is 2. The first-order chi connectivity index (χ1) is 17.0. The van der Waals surface area contributed by atoms with E-state index in [1.165, 1.54) is 36.3 Å². The molecule has 0 spiro atoms. The maximum absolute atomic E-state index is 13.9. The molecular weight excluding hydrogens is 467 g/mol. The minimum Gasteiger partial charge on any atom is -0.353 e. The molecular formula is C26H28ClFN6O. The average Bonchev–Trinajstić information content (AvgIpc) is 2.85. The number of carbonyl (C=O) groups excluding carboxylic acids is 1. The number of piperidine rings is 1. The van der Waals surface area contributed by atoms with Crippen LogP contribution >= 0.6 is 11.6 Å². The minimum atomic E-state index is -0.314. The summed E-state index contributed by atoms with van der Waals surface area (Å²) in [4.78, 5) is 26.5. The number of para-hydroxylation sites is 1. The van der Waals surface area contributed by atoms with Crippen molar-refractivity contribution in [2.45, 2.75) is 32.7 Å².